The normalized spacial score (nSPS) is 12.3. The van der Waals surface area contributed by atoms with Gasteiger partial charge in [-0.1, -0.05) is 0 Å². The van der Waals surface area contributed by atoms with Gasteiger partial charge in [-0.15, -0.1) is 0 Å². The van der Waals surface area contributed by atoms with Crippen molar-refractivity contribution in [3.63, 3.8) is 0 Å². The lowest BCUT2D eigenvalue weighted by molar-refractivity contribution is -0.140. The van der Waals surface area contributed by atoms with E-state index >= 15 is 0 Å². The third kappa shape index (κ3) is 1.93. The SMILES string of the molecule is Nc1nc(C(F)(F)C(F)F)nc2cc(F)ccc12. The summed E-state index contributed by atoms with van der Waals surface area (Å²) >= 11 is 0. The fourth-order valence-corrected chi connectivity index (χ4v) is 1.37. The third-order valence-corrected chi connectivity index (χ3v) is 2.26. The van der Waals surface area contributed by atoms with Crippen molar-refractivity contribution in [3.8, 4) is 0 Å². The summed E-state index contributed by atoms with van der Waals surface area (Å²) in [5.41, 5.74) is 5.10. The summed E-state index contributed by atoms with van der Waals surface area (Å²) in [6.45, 7) is 0. The molecule has 0 aliphatic carbocycles. The molecule has 8 heteroatoms. The number of alkyl halides is 4. The maximum atomic E-state index is 13.1. The molecule has 0 spiro atoms. The highest BCUT2D eigenvalue weighted by molar-refractivity contribution is 5.87. The molecule has 1 aromatic heterocycles. The molecule has 0 saturated carbocycles. The van der Waals surface area contributed by atoms with Gasteiger partial charge in [0.1, 0.15) is 11.6 Å². The highest BCUT2D eigenvalue weighted by Crippen LogP contribution is 2.33. The predicted molar refractivity (Wildman–Crippen MR) is 53.8 cm³/mol. The number of anilines is 1. The molecule has 0 aliphatic heterocycles. The van der Waals surface area contributed by atoms with E-state index in [-0.39, 0.29) is 10.9 Å². The van der Waals surface area contributed by atoms with Gasteiger partial charge >= 0.3 is 12.3 Å². The van der Waals surface area contributed by atoms with Gasteiger partial charge in [-0.2, -0.15) is 8.78 Å². The molecule has 1 aromatic carbocycles. The molecule has 0 atom stereocenters. The highest BCUT2D eigenvalue weighted by Gasteiger charge is 2.46. The van der Waals surface area contributed by atoms with Crippen LogP contribution < -0.4 is 5.73 Å². The van der Waals surface area contributed by atoms with E-state index in [2.05, 4.69) is 9.97 Å². The molecule has 0 unspecified atom stereocenters. The molecule has 1 heterocycles. The number of nitrogens with two attached hydrogens (primary N) is 1. The molecule has 0 radical (unpaired) electrons. The Bertz CT molecular complexity index is 599. The number of nitrogens with zero attached hydrogens (tertiary/aromatic N) is 2. The van der Waals surface area contributed by atoms with Crippen molar-refractivity contribution in [1.29, 1.82) is 0 Å². The number of halogens is 5. The van der Waals surface area contributed by atoms with Crippen molar-refractivity contribution in [2.45, 2.75) is 12.3 Å². The van der Waals surface area contributed by atoms with Crippen LogP contribution in [-0.2, 0) is 5.92 Å². The van der Waals surface area contributed by atoms with E-state index in [0.29, 0.717) is 0 Å². The molecular formula is C10H6F5N3. The van der Waals surface area contributed by atoms with Crippen molar-refractivity contribution in [2.75, 3.05) is 5.73 Å². The van der Waals surface area contributed by atoms with Gasteiger partial charge in [0.25, 0.3) is 0 Å². The summed E-state index contributed by atoms with van der Waals surface area (Å²) in [4.78, 5) is 6.37. The summed E-state index contributed by atoms with van der Waals surface area (Å²) in [5, 5.41) is 0.116. The van der Waals surface area contributed by atoms with Crippen LogP contribution in [0.3, 0.4) is 0 Å². The molecule has 3 nitrogen and oxygen atoms in total. The molecule has 0 aliphatic rings. The zero-order valence-electron chi connectivity index (χ0n) is 8.67. The molecule has 0 amide bonds. The van der Waals surface area contributed by atoms with Crippen LogP contribution in [0.2, 0.25) is 0 Å². The van der Waals surface area contributed by atoms with E-state index < -0.39 is 29.8 Å². The molecule has 2 aromatic rings. The number of rotatable bonds is 2. The first kappa shape index (κ1) is 12.5. The van der Waals surface area contributed by atoms with Crippen LogP contribution in [0.5, 0.6) is 0 Å². The van der Waals surface area contributed by atoms with Gasteiger partial charge < -0.3 is 5.73 Å². The van der Waals surface area contributed by atoms with Crippen molar-refractivity contribution in [2.24, 2.45) is 0 Å². The lowest BCUT2D eigenvalue weighted by Crippen LogP contribution is -2.26. The van der Waals surface area contributed by atoms with Gasteiger partial charge in [0.15, 0.2) is 0 Å². The molecular weight excluding hydrogens is 257 g/mol. The van der Waals surface area contributed by atoms with E-state index in [1.54, 1.807) is 0 Å². The first-order valence-electron chi connectivity index (χ1n) is 4.71. The quantitative estimate of drug-likeness (QED) is 0.847. The molecule has 96 valence electrons. The van der Waals surface area contributed by atoms with Crippen LogP contribution in [0.25, 0.3) is 10.9 Å². The van der Waals surface area contributed by atoms with Crippen LogP contribution in [0, 0.1) is 5.82 Å². The minimum absolute atomic E-state index is 0.116. The van der Waals surface area contributed by atoms with Gasteiger partial charge in [0.05, 0.1) is 5.52 Å². The lowest BCUT2D eigenvalue weighted by Gasteiger charge is -2.14. The van der Waals surface area contributed by atoms with Crippen LogP contribution in [0.1, 0.15) is 5.82 Å². The van der Waals surface area contributed by atoms with Crippen LogP contribution >= 0.6 is 0 Å². The van der Waals surface area contributed by atoms with E-state index in [1.165, 1.54) is 6.07 Å². The fraction of sp³-hybridized carbons (Fsp3) is 0.200. The van der Waals surface area contributed by atoms with Gasteiger partial charge in [-0.25, -0.2) is 23.1 Å². The number of nitrogen functional groups attached to an aromatic ring is 1. The van der Waals surface area contributed by atoms with Gasteiger partial charge in [-0.3, -0.25) is 0 Å². The average molecular weight is 263 g/mol. The van der Waals surface area contributed by atoms with Gasteiger partial charge in [-0.05, 0) is 12.1 Å². The summed E-state index contributed by atoms with van der Waals surface area (Å²) in [6, 6.07) is 3.04. The van der Waals surface area contributed by atoms with E-state index in [9.17, 15) is 22.0 Å². The molecule has 2 rings (SSSR count). The number of hydrogen-bond acceptors (Lipinski definition) is 3. The number of fused-ring (bicyclic) bond motifs is 1. The zero-order valence-corrected chi connectivity index (χ0v) is 8.67. The Morgan fingerprint density at radius 3 is 2.44 bits per heavy atom. The first-order chi connectivity index (χ1) is 8.32. The Morgan fingerprint density at radius 2 is 1.83 bits per heavy atom. The summed E-state index contributed by atoms with van der Waals surface area (Å²) < 4.78 is 63.4. The zero-order chi connectivity index (χ0) is 13.5. The summed E-state index contributed by atoms with van der Waals surface area (Å²) in [6.07, 6.45) is -3.97. The summed E-state index contributed by atoms with van der Waals surface area (Å²) in [7, 11) is 0. The Hall–Kier alpha value is -1.99. The van der Waals surface area contributed by atoms with Crippen molar-refractivity contribution in [3.05, 3.63) is 29.8 Å². The van der Waals surface area contributed by atoms with E-state index in [4.69, 9.17) is 5.73 Å². The monoisotopic (exact) mass is 263 g/mol. The minimum atomic E-state index is -4.53. The third-order valence-electron chi connectivity index (χ3n) is 2.26. The molecule has 18 heavy (non-hydrogen) atoms. The Morgan fingerprint density at radius 1 is 1.17 bits per heavy atom. The maximum Gasteiger partial charge on any atom is 0.365 e. The molecule has 2 N–H and O–H groups in total. The van der Waals surface area contributed by atoms with E-state index in [1.807, 2.05) is 0 Å². The van der Waals surface area contributed by atoms with E-state index in [0.717, 1.165) is 12.1 Å². The topological polar surface area (TPSA) is 51.8 Å². The molecule has 0 fully saturated rings. The summed E-state index contributed by atoms with van der Waals surface area (Å²) in [5.74, 6) is -7.11. The lowest BCUT2D eigenvalue weighted by atomic mass is 10.2. The largest absolute Gasteiger partial charge is 0.383 e. The second-order valence-electron chi connectivity index (χ2n) is 3.52. The maximum absolute atomic E-state index is 13.1. The van der Waals surface area contributed by atoms with Crippen molar-refractivity contribution in [1.82, 2.24) is 9.97 Å². The first-order valence-corrected chi connectivity index (χ1v) is 4.71. The standard InChI is InChI=1S/C10H6F5N3/c11-4-1-2-5-6(3-4)17-9(18-7(5)16)10(14,15)8(12)13/h1-3,8H,(H2,16,17,18). The predicted octanol–water partition coefficient (Wildman–Crippen LogP) is 2.71. The minimum Gasteiger partial charge on any atom is -0.383 e. The Kier molecular flexibility index (Phi) is 2.80. The Labute approximate surface area is 97.4 Å². The van der Waals surface area contributed by atoms with Gasteiger partial charge in [0, 0.05) is 11.5 Å². The number of benzene rings is 1. The second-order valence-corrected chi connectivity index (χ2v) is 3.52. The fourth-order valence-electron chi connectivity index (χ4n) is 1.37. The number of hydrogen-bond donors (Lipinski definition) is 1. The van der Waals surface area contributed by atoms with Crippen LogP contribution in [0.4, 0.5) is 27.8 Å². The molecule has 0 bridgehead atoms. The molecule has 0 saturated heterocycles. The van der Waals surface area contributed by atoms with Crippen LogP contribution in [0.15, 0.2) is 18.2 Å². The van der Waals surface area contributed by atoms with Crippen LogP contribution in [-0.4, -0.2) is 16.4 Å². The van der Waals surface area contributed by atoms with Crippen molar-refractivity contribution < 1.29 is 22.0 Å². The average Bonchev–Trinajstić information content (AvgIpc) is 2.27. The highest BCUT2D eigenvalue weighted by atomic mass is 19.3. The number of aromatic nitrogens is 2. The van der Waals surface area contributed by atoms with Gasteiger partial charge in [0.2, 0.25) is 5.82 Å². The Balaban J connectivity index is 2.68. The van der Waals surface area contributed by atoms with Crippen molar-refractivity contribution >= 4 is 16.7 Å². The smallest absolute Gasteiger partial charge is 0.365 e. The second kappa shape index (κ2) is 4.04.